The first-order chi connectivity index (χ1) is 6.77. The van der Waals surface area contributed by atoms with Gasteiger partial charge in [0.2, 0.25) is 0 Å². The summed E-state index contributed by atoms with van der Waals surface area (Å²) in [7, 11) is 2.00. The standard InChI is InChI=1S/C9H14N4O/c1-13(7-2-3-14-6-7)9-5-11-8(10)4-12-9/h4-5,7H,2-3,6H2,1H3,(H2,10,11). The Kier molecular flexibility index (Phi) is 2.49. The van der Waals surface area contributed by atoms with E-state index in [4.69, 9.17) is 10.5 Å². The minimum atomic E-state index is 0.410. The van der Waals surface area contributed by atoms with E-state index in [9.17, 15) is 0 Å². The quantitative estimate of drug-likeness (QED) is 0.732. The third-order valence-corrected chi connectivity index (χ3v) is 2.47. The molecule has 0 aliphatic carbocycles. The molecule has 0 aromatic carbocycles. The maximum atomic E-state index is 5.46. The number of hydrogen-bond donors (Lipinski definition) is 1. The number of ether oxygens (including phenoxy) is 1. The van der Waals surface area contributed by atoms with Gasteiger partial charge < -0.3 is 15.4 Å². The molecule has 14 heavy (non-hydrogen) atoms. The van der Waals surface area contributed by atoms with Crippen LogP contribution in [0.1, 0.15) is 6.42 Å². The summed E-state index contributed by atoms with van der Waals surface area (Å²) in [6.45, 7) is 1.60. The second-order valence-electron chi connectivity index (χ2n) is 3.43. The van der Waals surface area contributed by atoms with Crippen molar-refractivity contribution in [3.63, 3.8) is 0 Å². The van der Waals surface area contributed by atoms with E-state index < -0.39 is 0 Å². The monoisotopic (exact) mass is 194 g/mol. The lowest BCUT2D eigenvalue weighted by Crippen LogP contribution is -2.32. The maximum Gasteiger partial charge on any atom is 0.147 e. The Labute approximate surface area is 82.9 Å². The molecule has 2 N–H and O–H groups in total. The summed E-state index contributed by atoms with van der Waals surface area (Å²) in [5, 5.41) is 0. The summed E-state index contributed by atoms with van der Waals surface area (Å²) in [6, 6.07) is 0.410. The van der Waals surface area contributed by atoms with E-state index in [2.05, 4.69) is 14.9 Å². The van der Waals surface area contributed by atoms with Crippen LogP contribution < -0.4 is 10.6 Å². The average Bonchev–Trinajstić information content (AvgIpc) is 2.71. The van der Waals surface area contributed by atoms with Crippen molar-refractivity contribution in [2.45, 2.75) is 12.5 Å². The van der Waals surface area contributed by atoms with Crippen molar-refractivity contribution >= 4 is 11.6 Å². The molecular formula is C9H14N4O. The van der Waals surface area contributed by atoms with E-state index in [0.29, 0.717) is 11.9 Å². The molecule has 5 heteroatoms. The highest BCUT2D eigenvalue weighted by molar-refractivity contribution is 5.39. The maximum absolute atomic E-state index is 5.46. The van der Waals surface area contributed by atoms with Crippen LogP contribution in [0.5, 0.6) is 0 Å². The molecule has 1 aliphatic heterocycles. The van der Waals surface area contributed by atoms with Crippen molar-refractivity contribution in [1.29, 1.82) is 0 Å². The van der Waals surface area contributed by atoms with Gasteiger partial charge in [0.05, 0.1) is 25.0 Å². The summed E-state index contributed by atoms with van der Waals surface area (Å²) < 4.78 is 5.31. The topological polar surface area (TPSA) is 64.3 Å². The number of rotatable bonds is 2. The van der Waals surface area contributed by atoms with Gasteiger partial charge in [-0.05, 0) is 6.42 Å². The van der Waals surface area contributed by atoms with Gasteiger partial charge in [0.15, 0.2) is 0 Å². The number of likely N-dealkylation sites (N-methyl/N-ethyl adjacent to an activating group) is 1. The van der Waals surface area contributed by atoms with Gasteiger partial charge >= 0.3 is 0 Å². The molecule has 0 amide bonds. The fourth-order valence-electron chi connectivity index (χ4n) is 1.53. The third-order valence-electron chi connectivity index (χ3n) is 2.47. The van der Waals surface area contributed by atoms with Gasteiger partial charge in [-0.15, -0.1) is 0 Å². The molecule has 0 spiro atoms. The molecule has 0 saturated carbocycles. The Balaban J connectivity index is 2.09. The number of aromatic nitrogens is 2. The molecule has 1 saturated heterocycles. The molecule has 5 nitrogen and oxygen atoms in total. The SMILES string of the molecule is CN(c1cnc(N)cn1)C1CCOC1. The number of nitrogen functional groups attached to an aromatic ring is 1. The van der Waals surface area contributed by atoms with Crippen molar-refractivity contribution in [2.24, 2.45) is 0 Å². The summed E-state index contributed by atoms with van der Waals surface area (Å²) >= 11 is 0. The molecule has 1 fully saturated rings. The molecule has 76 valence electrons. The van der Waals surface area contributed by atoms with Crippen LogP contribution in [0.3, 0.4) is 0 Å². The molecule has 2 rings (SSSR count). The lowest BCUT2D eigenvalue weighted by atomic mass is 10.2. The molecule has 1 atom stereocenters. The van der Waals surface area contributed by atoms with Crippen LogP contribution in [0.25, 0.3) is 0 Å². The Morgan fingerprint density at radius 2 is 2.36 bits per heavy atom. The molecular weight excluding hydrogens is 180 g/mol. The average molecular weight is 194 g/mol. The Morgan fingerprint density at radius 3 is 2.93 bits per heavy atom. The Hall–Kier alpha value is -1.36. The zero-order valence-corrected chi connectivity index (χ0v) is 8.18. The van der Waals surface area contributed by atoms with Crippen molar-refractivity contribution in [1.82, 2.24) is 9.97 Å². The van der Waals surface area contributed by atoms with E-state index in [1.807, 2.05) is 7.05 Å². The van der Waals surface area contributed by atoms with Crippen LogP contribution in [-0.2, 0) is 4.74 Å². The van der Waals surface area contributed by atoms with E-state index in [1.54, 1.807) is 12.4 Å². The van der Waals surface area contributed by atoms with Crippen LogP contribution in [-0.4, -0.2) is 36.3 Å². The fourth-order valence-corrected chi connectivity index (χ4v) is 1.53. The molecule has 0 radical (unpaired) electrons. The highest BCUT2D eigenvalue weighted by Crippen LogP contribution is 2.16. The largest absolute Gasteiger partial charge is 0.382 e. The molecule has 1 aliphatic rings. The van der Waals surface area contributed by atoms with E-state index in [1.165, 1.54) is 0 Å². The van der Waals surface area contributed by atoms with Crippen LogP contribution in [0.2, 0.25) is 0 Å². The van der Waals surface area contributed by atoms with Crippen molar-refractivity contribution in [3.05, 3.63) is 12.4 Å². The van der Waals surface area contributed by atoms with Crippen LogP contribution >= 0.6 is 0 Å². The van der Waals surface area contributed by atoms with Crippen LogP contribution in [0, 0.1) is 0 Å². The van der Waals surface area contributed by atoms with Gasteiger partial charge in [-0.3, -0.25) is 0 Å². The minimum Gasteiger partial charge on any atom is -0.382 e. The molecule has 1 unspecified atom stereocenters. The first kappa shape index (κ1) is 9.21. The van der Waals surface area contributed by atoms with Gasteiger partial charge in [0.1, 0.15) is 11.6 Å². The van der Waals surface area contributed by atoms with Gasteiger partial charge in [-0.2, -0.15) is 0 Å². The first-order valence-electron chi connectivity index (χ1n) is 4.65. The minimum absolute atomic E-state index is 0.410. The predicted octanol–water partition coefficient (Wildman–Crippen LogP) is 0.284. The third kappa shape index (κ3) is 1.77. The van der Waals surface area contributed by atoms with Gasteiger partial charge in [-0.1, -0.05) is 0 Å². The zero-order valence-electron chi connectivity index (χ0n) is 8.18. The van der Waals surface area contributed by atoms with Crippen LogP contribution in [0.4, 0.5) is 11.6 Å². The second-order valence-corrected chi connectivity index (χ2v) is 3.43. The molecule has 2 heterocycles. The number of hydrogen-bond acceptors (Lipinski definition) is 5. The van der Waals surface area contributed by atoms with Crippen molar-refractivity contribution in [3.8, 4) is 0 Å². The smallest absolute Gasteiger partial charge is 0.147 e. The van der Waals surface area contributed by atoms with E-state index in [0.717, 1.165) is 25.5 Å². The summed E-state index contributed by atoms with van der Waals surface area (Å²) in [5.74, 6) is 1.29. The van der Waals surface area contributed by atoms with Crippen LogP contribution in [0.15, 0.2) is 12.4 Å². The van der Waals surface area contributed by atoms with Gasteiger partial charge in [0.25, 0.3) is 0 Å². The highest BCUT2D eigenvalue weighted by atomic mass is 16.5. The first-order valence-corrected chi connectivity index (χ1v) is 4.65. The summed E-state index contributed by atoms with van der Waals surface area (Å²) in [5.41, 5.74) is 5.46. The lowest BCUT2D eigenvalue weighted by Gasteiger charge is -2.23. The second kappa shape index (κ2) is 3.79. The number of nitrogens with zero attached hydrogens (tertiary/aromatic N) is 3. The Morgan fingerprint density at radius 1 is 1.50 bits per heavy atom. The fraction of sp³-hybridized carbons (Fsp3) is 0.556. The van der Waals surface area contributed by atoms with Gasteiger partial charge in [-0.25, -0.2) is 9.97 Å². The molecule has 1 aromatic rings. The van der Waals surface area contributed by atoms with Gasteiger partial charge in [0, 0.05) is 13.7 Å². The molecule has 0 bridgehead atoms. The number of anilines is 2. The molecule has 1 aromatic heterocycles. The van der Waals surface area contributed by atoms with Crippen molar-refractivity contribution < 1.29 is 4.74 Å². The number of nitrogens with two attached hydrogens (primary N) is 1. The Bertz CT molecular complexity index is 294. The summed E-state index contributed by atoms with van der Waals surface area (Å²) in [4.78, 5) is 10.3. The van der Waals surface area contributed by atoms with Crippen molar-refractivity contribution in [2.75, 3.05) is 30.9 Å². The normalized spacial score (nSPS) is 21.1. The zero-order chi connectivity index (χ0) is 9.97. The van der Waals surface area contributed by atoms with E-state index in [-0.39, 0.29) is 0 Å². The lowest BCUT2D eigenvalue weighted by molar-refractivity contribution is 0.193. The highest BCUT2D eigenvalue weighted by Gasteiger charge is 2.21. The predicted molar refractivity (Wildman–Crippen MR) is 54.1 cm³/mol. The summed E-state index contributed by atoms with van der Waals surface area (Å²) in [6.07, 6.45) is 4.30. The van der Waals surface area contributed by atoms with E-state index >= 15 is 0 Å².